The quantitative estimate of drug-likeness (QED) is 0.779. The summed E-state index contributed by atoms with van der Waals surface area (Å²) in [4.78, 5) is 0. The first kappa shape index (κ1) is 13.1. The SMILES string of the molecule is C[Si](C)(c1ccc(C#N)cc1)c1ccc(C#N)cc1. The molecule has 92 valence electrons. The second-order valence-electron chi connectivity index (χ2n) is 5.00. The van der Waals surface area contributed by atoms with Gasteiger partial charge in [0.15, 0.2) is 0 Å². The molecule has 2 rings (SSSR count). The van der Waals surface area contributed by atoms with Crippen LogP contribution in [0.25, 0.3) is 0 Å². The summed E-state index contributed by atoms with van der Waals surface area (Å²) < 4.78 is 0. The minimum absolute atomic E-state index is 0.688. The maximum absolute atomic E-state index is 8.84. The first-order chi connectivity index (χ1) is 9.07. The monoisotopic (exact) mass is 262 g/mol. The Hall–Kier alpha value is -2.36. The summed E-state index contributed by atoms with van der Waals surface area (Å²) in [5, 5.41) is 20.2. The zero-order valence-electron chi connectivity index (χ0n) is 11.0. The van der Waals surface area contributed by atoms with Crippen molar-refractivity contribution in [3.05, 3.63) is 59.7 Å². The smallest absolute Gasteiger partial charge is 0.112 e. The van der Waals surface area contributed by atoms with Crippen LogP contribution in [-0.4, -0.2) is 8.07 Å². The zero-order valence-corrected chi connectivity index (χ0v) is 12.0. The van der Waals surface area contributed by atoms with Crippen molar-refractivity contribution in [3.8, 4) is 12.1 Å². The molecule has 0 aliphatic heterocycles. The second-order valence-corrected chi connectivity index (χ2v) is 9.41. The van der Waals surface area contributed by atoms with E-state index in [1.807, 2.05) is 48.5 Å². The molecular weight excluding hydrogens is 248 g/mol. The van der Waals surface area contributed by atoms with E-state index >= 15 is 0 Å². The summed E-state index contributed by atoms with van der Waals surface area (Å²) in [5.74, 6) is 0. The Morgan fingerprint density at radius 2 is 1.00 bits per heavy atom. The van der Waals surface area contributed by atoms with Crippen molar-refractivity contribution >= 4 is 18.4 Å². The Kier molecular flexibility index (Phi) is 3.51. The predicted molar refractivity (Wildman–Crippen MR) is 79.1 cm³/mol. The van der Waals surface area contributed by atoms with E-state index in [-0.39, 0.29) is 0 Å². The van der Waals surface area contributed by atoms with E-state index in [1.54, 1.807) is 0 Å². The van der Waals surface area contributed by atoms with Crippen molar-refractivity contribution in [2.75, 3.05) is 0 Å². The van der Waals surface area contributed by atoms with E-state index in [1.165, 1.54) is 10.4 Å². The van der Waals surface area contributed by atoms with Crippen LogP contribution >= 0.6 is 0 Å². The molecule has 0 saturated heterocycles. The molecule has 2 nitrogen and oxygen atoms in total. The molecule has 0 radical (unpaired) electrons. The minimum Gasteiger partial charge on any atom is -0.192 e. The van der Waals surface area contributed by atoms with Gasteiger partial charge >= 0.3 is 0 Å². The van der Waals surface area contributed by atoms with Crippen molar-refractivity contribution in [3.63, 3.8) is 0 Å². The molecule has 19 heavy (non-hydrogen) atoms. The lowest BCUT2D eigenvalue weighted by Crippen LogP contribution is -2.52. The highest BCUT2D eigenvalue weighted by molar-refractivity contribution is 7.00. The first-order valence-electron chi connectivity index (χ1n) is 6.09. The highest BCUT2D eigenvalue weighted by Gasteiger charge is 2.25. The average Bonchev–Trinajstić information content (AvgIpc) is 2.47. The summed E-state index contributed by atoms with van der Waals surface area (Å²) in [6, 6.07) is 19.9. The largest absolute Gasteiger partial charge is 0.192 e. The Labute approximate surface area is 114 Å². The van der Waals surface area contributed by atoms with Crippen LogP contribution in [-0.2, 0) is 0 Å². The molecule has 2 aromatic carbocycles. The van der Waals surface area contributed by atoms with Gasteiger partial charge in [-0.3, -0.25) is 0 Å². The molecule has 0 aliphatic rings. The fourth-order valence-electron chi connectivity index (χ4n) is 2.09. The minimum atomic E-state index is -1.75. The zero-order chi connectivity index (χ0) is 13.9. The van der Waals surface area contributed by atoms with Gasteiger partial charge in [-0.2, -0.15) is 10.5 Å². The van der Waals surface area contributed by atoms with Gasteiger partial charge in [0.05, 0.1) is 23.3 Å². The molecule has 0 bridgehead atoms. The van der Waals surface area contributed by atoms with Crippen LogP contribution in [0.15, 0.2) is 48.5 Å². The normalized spacial score (nSPS) is 10.5. The van der Waals surface area contributed by atoms with Gasteiger partial charge in [0.1, 0.15) is 8.07 Å². The van der Waals surface area contributed by atoms with Gasteiger partial charge in [0, 0.05) is 0 Å². The number of benzene rings is 2. The van der Waals surface area contributed by atoms with Crippen LogP contribution in [0.4, 0.5) is 0 Å². The summed E-state index contributed by atoms with van der Waals surface area (Å²) in [7, 11) is -1.75. The van der Waals surface area contributed by atoms with E-state index < -0.39 is 8.07 Å². The maximum Gasteiger partial charge on any atom is 0.112 e. The summed E-state index contributed by atoms with van der Waals surface area (Å²) in [6.45, 7) is 4.55. The highest BCUT2D eigenvalue weighted by Crippen LogP contribution is 2.07. The van der Waals surface area contributed by atoms with Crippen molar-refractivity contribution in [2.45, 2.75) is 13.1 Å². The molecule has 3 heteroatoms. The predicted octanol–water partition coefficient (Wildman–Crippen LogP) is 2.25. The Morgan fingerprint density at radius 3 is 1.26 bits per heavy atom. The lowest BCUT2D eigenvalue weighted by atomic mass is 10.2. The number of nitrogens with zero attached hydrogens (tertiary/aromatic N) is 2. The molecule has 0 aliphatic carbocycles. The van der Waals surface area contributed by atoms with Gasteiger partial charge in [-0.1, -0.05) is 47.7 Å². The molecule has 0 saturated carbocycles. The third-order valence-corrected chi connectivity index (χ3v) is 7.02. The van der Waals surface area contributed by atoms with Gasteiger partial charge in [0.2, 0.25) is 0 Å². The van der Waals surface area contributed by atoms with Crippen LogP contribution in [0.1, 0.15) is 11.1 Å². The molecule has 0 aromatic heterocycles. The molecule has 0 heterocycles. The van der Waals surface area contributed by atoms with E-state index in [2.05, 4.69) is 25.2 Å². The van der Waals surface area contributed by atoms with Crippen LogP contribution in [0, 0.1) is 22.7 Å². The molecule has 0 fully saturated rings. The van der Waals surface area contributed by atoms with Crippen LogP contribution in [0.3, 0.4) is 0 Å². The molecule has 0 unspecified atom stereocenters. The topological polar surface area (TPSA) is 47.6 Å². The van der Waals surface area contributed by atoms with Gasteiger partial charge in [-0.15, -0.1) is 0 Å². The van der Waals surface area contributed by atoms with Gasteiger partial charge < -0.3 is 0 Å². The summed E-state index contributed by atoms with van der Waals surface area (Å²) >= 11 is 0. The second kappa shape index (κ2) is 5.10. The third-order valence-electron chi connectivity index (χ3n) is 3.47. The molecule has 0 amide bonds. The van der Waals surface area contributed by atoms with Crippen LogP contribution in [0.2, 0.25) is 13.1 Å². The molecule has 0 spiro atoms. The van der Waals surface area contributed by atoms with Crippen molar-refractivity contribution in [1.29, 1.82) is 10.5 Å². The Bertz CT molecular complexity index is 596. The first-order valence-corrected chi connectivity index (χ1v) is 9.09. The van der Waals surface area contributed by atoms with E-state index in [4.69, 9.17) is 10.5 Å². The fraction of sp³-hybridized carbons (Fsp3) is 0.125. The summed E-state index contributed by atoms with van der Waals surface area (Å²) in [5.41, 5.74) is 1.38. The molecule has 0 N–H and O–H groups in total. The van der Waals surface area contributed by atoms with Gasteiger partial charge in [-0.25, -0.2) is 0 Å². The number of hydrogen-bond donors (Lipinski definition) is 0. The summed E-state index contributed by atoms with van der Waals surface area (Å²) in [6.07, 6.45) is 0. The molecule has 2 aromatic rings. The van der Waals surface area contributed by atoms with Gasteiger partial charge in [0.25, 0.3) is 0 Å². The van der Waals surface area contributed by atoms with Crippen molar-refractivity contribution in [1.82, 2.24) is 0 Å². The number of nitriles is 2. The highest BCUT2D eigenvalue weighted by atomic mass is 28.3. The van der Waals surface area contributed by atoms with E-state index in [0.717, 1.165) is 0 Å². The molecular formula is C16H14N2Si. The van der Waals surface area contributed by atoms with Crippen molar-refractivity contribution < 1.29 is 0 Å². The van der Waals surface area contributed by atoms with Crippen LogP contribution < -0.4 is 10.4 Å². The van der Waals surface area contributed by atoms with E-state index in [0.29, 0.717) is 11.1 Å². The lowest BCUT2D eigenvalue weighted by Gasteiger charge is -2.23. The maximum atomic E-state index is 8.84. The Morgan fingerprint density at radius 1 is 0.684 bits per heavy atom. The Balaban J connectivity index is 2.40. The number of rotatable bonds is 2. The fourth-order valence-corrected chi connectivity index (χ4v) is 4.42. The molecule has 0 atom stereocenters. The average molecular weight is 262 g/mol. The standard InChI is InChI=1S/C16H14N2Si/c1-19(2,15-7-3-13(11-17)4-8-15)16-9-5-14(12-18)6-10-16/h3-10H,1-2H3. The lowest BCUT2D eigenvalue weighted by molar-refractivity contribution is 1.48. The number of hydrogen-bond acceptors (Lipinski definition) is 2. The van der Waals surface area contributed by atoms with E-state index in [9.17, 15) is 0 Å². The van der Waals surface area contributed by atoms with Crippen LogP contribution in [0.5, 0.6) is 0 Å². The third kappa shape index (κ3) is 2.57. The van der Waals surface area contributed by atoms with Gasteiger partial charge in [-0.05, 0) is 24.3 Å². The van der Waals surface area contributed by atoms with Crippen molar-refractivity contribution in [2.24, 2.45) is 0 Å².